The van der Waals surface area contributed by atoms with Gasteiger partial charge in [0.2, 0.25) is 0 Å². The van der Waals surface area contributed by atoms with Crippen LogP contribution in [-0.4, -0.2) is 67.9 Å². The summed E-state index contributed by atoms with van der Waals surface area (Å²) in [6.07, 6.45) is 5.16. The van der Waals surface area contributed by atoms with E-state index >= 15 is 0 Å². The van der Waals surface area contributed by atoms with E-state index < -0.39 is 17.7 Å². The second kappa shape index (κ2) is 13.1. The Bertz CT molecular complexity index is 1770. The monoisotopic (exact) mass is 667 g/mol. The zero-order valence-electron chi connectivity index (χ0n) is 27.7. The molecule has 0 radical (unpaired) electrons. The van der Waals surface area contributed by atoms with Crippen molar-refractivity contribution in [3.05, 3.63) is 63.8 Å². The van der Waals surface area contributed by atoms with Crippen molar-refractivity contribution in [3.63, 3.8) is 0 Å². The van der Waals surface area contributed by atoms with Gasteiger partial charge in [0.05, 0.1) is 23.5 Å². The summed E-state index contributed by atoms with van der Waals surface area (Å²) in [6, 6.07) is 6.38. The summed E-state index contributed by atoms with van der Waals surface area (Å²) in [5.41, 5.74) is 2.78. The van der Waals surface area contributed by atoms with E-state index in [2.05, 4.69) is 21.8 Å². The number of carbonyl (C=O) groups is 1. The van der Waals surface area contributed by atoms with Crippen molar-refractivity contribution < 1.29 is 28.5 Å². The first kappa shape index (κ1) is 33.2. The third kappa shape index (κ3) is 7.27. The molecule has 10 nitrogen and oxygen atoms in total. The molecule has 6 bridgehead atoms. The number of rotatable bonds is 3. The highest BCUT2D eigenvalue weighted by Gasteiger charge is 2.37. The van der Waals surface area contributed by atoms with Crippen molar-refractivity contribution in [2.24, 2.45) is 0 Å². The number of aromatic nitrogens is 4. The number of ether oxygens (including phenoxy) is 3. The van der Waals surface area contributed by atoms with Crippen LogP contribution >= 0.6 is 11.6 Å². The van der Waals surface area contributed by atoms with E-state index in [1.807, 2.05) is 44.4 Å². The average Bonchev–Trinajstić information content (AvgIpc) is 3.58. The van der Waals surface area contributed by atoms with Crippen molar-refractivity contribution in [3.8, 4) is 17.3 Å². The molecule has 1 fully saturated rings. The largest absolute Gasteiger partial charge is 0.493 e. The van der Waals surface area contributed by atoms with E-state index in [1.165, 1.54) is 12.1 Å². The van der Waals surface area contributed by atoms with Gasteiger partial charge in [-0.2, -0.15) is 0 Å². The number of aryl methyl sites for hydroxylation is 1. The number of hydrogen-bond acceptors (Lipinski definition) is 7. The highest BCUT2D eigenvalue weighted by Crippen LogP contribution is 2.39. The molecule has 6 heterocycles. The highest BCUT2D eigenvalue weighted by molar-refractivity contribution is 6.30. The van der Waals surface area contributed by atoms with Crippen LogP contribution in [0.25, 0.3) is 17.2 Å². The van der Waals surface area contributed by atoms with Crippen LogP contribution in [0.3, 0.4) is 0 Å². The van der Waals surface area contributed by atoms with Crippen molar-refractivity contribution in [2.45, 2.75) is 90.4 Å². The molecule has 7 rings (SSSR count). The zero-order chi connectivity index (χ0) is 33.5. The third-order valence-corrected chi connectivity index (χ3v) is 9.22. The summed E-state index contributed by atoms with van der Waals surface area (Å²) in [5.74, 6) is 0.352. The van der Waals surface area contributed by atoms with E-state index in [0.29, 0.717) is 66.0 Å². The van der Waals surface area contributed by atoms with E-state index in [0.717, 1.165) is 43.5 Å². The second-order valence-corrected chi connectivity index (χ2v) is 14.2. The lowest BCUT2D eigenvalue weighted by Crippen LogP contribution is -2.45. The fourth-order valence-electron chi connectivity index (χ4n) is 6.45. The summed E-state index contributed by atoms with van der Waals surface area (Å²) < 4.78 is 35.0. The molecule has 1 unspecified atom stereocenters. The Morgan fingerprint density at radius 3 is 2.62 bits per heavy atom. The summed E-state index contributed by atoms with van der Waals surface area (Å²) >= 11 is 6.64. The van der Waals surface area contributed by atoms with Crippen molar-refractivity contribution in [2.75, 3.05) is 31.2 Å². The topological polar surface area (TPSA) is 114 Å². The smallest absolute Gasteiger partial charge is 0.337 e. The molecule has 47 heavy (non-hydrogen) atoms. The quantitative estimate of drug-likeness (QED) is 0.234. The number of nitrogens with zero attached hydrogens (tertiary/aromatic N) is 4. The molecular formula is C35H43ClFN5O5. The predicted molar refractivity (Wildman–Crippen MR) is 178 cm³/mol. The van der Waals surface area contributed by atoms with E-state index in [-0.39, 0.29) is 23.0 Å². The number of aromatic amines is 1. The first-order valence-electron chi connectivity index (χ1n) is 16.3. The lowest BCUT2D eigenvalue weighted by molar-refractivity contribution is -0.160. The molecule has 3 aliphatic rings. The molecule has 4 aromatic rings. The Hall–Kier alpha value is -3.67. The first-order chi connectivity index (χ1) is 22.3. The van der Waals surface area contributed by atoms with Gasteiger partial charge in [-0.3, -0.25) is 4.40 Å². The van der Waals surface area contributed by atoms with Gasteiger partial charge >= 0.3 is 5.97 Å². The van der Waals surface area contributed by atoms with Gasteiger partial charge < -0.3 is 29.2 Å². The summed E-state index contributed by atoms with van der Waals surface area (Å²) in [6.45, 7) is 12.1. The number of hydrogen-bond donors (Lipinski definition) is 2. The van der Waals surface area contributed by atoms with Crippen molar-refractivity contribution in [1.29, 1.82) is 0 Å². The van der Waals surface area contributed by atoms with Crippen LogP contribution in [0.15, 0.2) is 30.5 Å². The second-order valence-electron chi connectivity index (χ2n) is 13.8. The molecule has 0 saturated carbocycles. The number of halogens is 2. The van der Waals surface area contributed by atoms with Crippen molar-refractivity contribution in [1.82, 2.24) is 19.4 Å². The number of anilines is 1. The molecule has 3 aromatic heterocycles. The molecule has 0 aliphatic carbocycles. The molecule has 3 aliphatic heterocycles. The van der Waals surface area contributed by atoms with E-state index in [9.17, 15) is 14.3 Å². The van der Waals surface area contributed by atoms with Crippen LogP contribution in [0.4, 0.5) is 10.2 Å². The number of fused-ring (bicyclic) bond motifs is 8. The minimum absolute atomic E-state index is 0.256. The molecule has 12 heteroatoms. The maximum absolute atomic E-state index is 14.3. The third-order valence-electron chi connectivity index (χ3n) is 8.91. The Balaban J connectivity index is 1.48. The molecular weight excluding hydrogens is 625 g/mol. The van der Waals surface area contributed by atoms with Gasteiger partial charge in [-0.1, -0.05) is 11.6 Å². The average molecular weight is 668 g/mol. The Kier molecular flexibility index (Phi) is 9.26. The van der Waals surface area contributed by atoms with Crippen LogP contribution < -0.4 is 9.64 Å². The van der Waals surface area contributed by atoms with Crippen LogP contribution in [0.1, 0.15) is 88.3 Å². The van der Waals surface area contributed by atoms with Crippen molar-refractivity contribution >= 4 is 29.0 Å². The molecule has 0 spiro atoms. The van der Waals surface area contributed by atoms with Crippen LogP contribution in [-0.2, 0) is 20.7 Å². The fraction of sp³-hybridized carbons (Fsp3) is 0.514. The summed E-state index contributed by atoms with van der Waals surface area (Å²) in [5, 5.41) is 10.7. The van der Waals surface area contributed by atoms with Gasteiger partial charge in [0, 0.05) is 43.4 Å². The normalized spacial score (nSPS) is 18.1. The number of piperidine rings is 1. The molecule has 1 atom stereocenters. The number of pyridine rings is 1. The lowest BCUT2D eigenvalue weighted by Gasteiger charge is -2.41. The zero-order valence-corrected chi connectivity index (χ0v) is 28.4. The Morgan fingerprint density at radius 2 is 1.89 bits per heavy atom. The molecule has 1 saturated heterocycles. The maximum Gasteiger partial charge on any atom is 0.337 e. The number of carboxylic acids is 1. The number of H-pyrrole nitrogens is 1. The molecule has 1 aromatic carbocycles. The number of imidazole rings is 2. The molecule has 2 N–H and O–H groups in total. The SMILES string of the molecule is Cc1cc2nc3cn2c(c1C(OC(C)(C)C)C(=O)O)N1CCC(C)(CC1)OCCCCCOc1ccc(F)cc1Cc1[nH]c-3nc1Cl. The molecule has 252 valence electrons. The fourth-order valence-corrected chi connectivity index (χ4v) is 6.65. The Morgan fingerprint density at radius 1 is 1.15 bits per heavy atom. The van der Waals surface area contributed by atoms with Crippen LogP contribution in [0.2, 0.25) is 5.15 Å². The predicted octanol–water partition coefficient (Wildman–Crippen LogP) is 7.30. The highest BCUT2D eigenvalue weighted by atomic mass is 35.5. The van der Waals surface area contributed by atoms with Crippen LogP contribution in [0.5, 0.6) is 5.75 Å². The number of nitrogens with one attached hydrogen (secondary N) is 1. The summed E-state index contributed by atoms with van der Waals surface area (Å²) in [7, 11) is 0. The maximum atomic E-state index is 14.3. The van der Waals surface area contributed by atoms with E-state index in [1.54, 1.807) is 6.07 Å². The van der Waals surface area contributed by atoms with Crippen LogP contribution in [0, 0.1) is 12.7 Å². The van der Waals surface area contributed by atoms with E-state index in [4.69, 9.17) is 30.8 Å². The van der Waals surface area contributed by atoms with Gasteiger partial charge in [0.1, 0.15) is 28.7 Å². The first-order valence-corrected chi connectivity index (χ1v) is 16.7. The summed E-state index contributed by atoms with van der Waals surface area (Å²) in [4.78, 5) is 27.8. The standard InChI is InChI=1S/C35H43ClFN5O5/c1-21-17-27-38-25-20-42(27)32(28(21)29(33(43)44)47-34(2,3)4)41-13-11-35(5,12-14-41)46-16-8-6-7-15-45-26-10-9-23(37)18-22(26)19-24-30(36)40-31(25)39-24/h9-10,17-18,20,29H,6-8,11-16,19H2,1-5H3,(H,39,40)(H,43,44). The van der Waals surface area contributed by atoms with Gasteiger partial charge in [-0.05, 0) is 96.6 Å². The number of carboxylic acid groups (broad SMARTS) is 1. The number of benzene rings is 1. The number of aliphatic carboxylic acids is 1. The minimum atomic E-state index is -1.20. The van der Waals surface area contributed by atoms with Gasteiger partial charge in [-0.25, -0.2) is 19.2 Å². The minimum Gasteiger partial charge on any atom is -0.493 e. The lowest BCUT2D eigenvalue weighted by atomic mass is 9.92. The molecule has 0 amide bonds. The Labute approximate surface area is 279 Å². The van der Waals surface area contributed by atoms with Gasteiger partial charge in [-0.15, -0.1) is 0 Å². The van der Waals surface area contributed by atoms with Gasteiger partial charge in [0.25, 0.3) is 0 Å². The van der Waals surface area contributed by atoms with Gasteiger partial charge in [0.15, 0.2) is 17.1 Å².